The Balaban J connectivity index is 2.20. The number of aryl methyl sites for hydroxylation is 2. The Morgan fingerprint density at radius 3 is 2.33 bits per heavy atom. The van der Waals surface area contributed by atoms with Gasteiger partial charge in [-0.05, 0) is 81.5 Å². The highest BCUT2D eigenvalue weighted by Gasteiger charge is 2.36. The van der Waals surface area contributed by atoms with Gasteiger partial charge in [0.25, 0.3) is 5.91 Å². The van der Waals surface area contributed by atoms with Crippen LogP contribution in [0.3, 0.4) is 0 Å². The second-order valence-corrected chi connectivity index (χ2v) is 8.82. The van der Waals surface area contributed by atoms with Gasteiger partial charge >= 0.3 is 0 Å². The number of anilines is 1. The summed E-state index contributed by atoms with van der Waals surface area (Å²) >= 11 is 1.09. The van der Waals surface area contributed by atoms with Crippen molar-refractivity contribution in [3.8, 4) is 0 Å². The van der Waals surface area contributed by atoms with E-state index in [9.17, 15) is 9.59 Å². The molecule has 0 unspecified atom stereocenters. The van der Waals surface area contributed by atoms with Crippen molar-refractivity contribution in [1.82, 2.24) is 19.9 Å². The first kappa shape index (κ1) is 21.6. The normalized spacial score (nSPS) is 12.3. The highest BCUT2D eigenvalue weighted by molar-refractivity contribution is 7.03. The molecule has 0 bridgehead atoms. The average molecular weight is 424 g/mol. The number of nitrogens with zero attached hydrogens (tertiary/aromatic N) is 4. The summed E-state index contributed by atoms with van der Waals surface area (Å²) < 4.78 is 3.82. The van der Waals surface area contributed by atoms with E-state index in [0.29, 0.717) is 11.4 Å². The van der Waals surface area contributed by atoms with Crippen molar-refractivity contribution in [3.05, 3.63) is 70.5 Å². The summed E-state index contributed by atoms with van der Waals surface area (Å²) in [4.78, 5) is 32.8. The van der Waals surface area contributed by atoms with Crippen LogP contribution in [0.25, 0.3) is 0 Å². The lowest BCUT2D eigenvalue weighted by Gasteiger charge is -2.33. The van der Waals surface area contributed by atoms with Crippen LogP contribution >= 0.6 is 11.5 Å². The van der Waals surface area contributed by atoms with E-state index in [4.69, 9.17) is 0 Å². The maximum atomic E-state index is 13.5. The molecule has 0 saturated carbocycles. The summed E-state index contributed by atoms with van der Waals surface area (Å²) in [6.45, 7) is 9.60. The summed E-state index contributed by atoms with van der Waals surface area (Å²) in [5.41, 5.74) is 2.73. The van der Waals surface area contributed by atoms with E-state index in [0.717, 1.165) is 22.7 Å². The lowest BCUT2D eigenvalue weighted by atomic mass is 10.0. The molecule has 30 heavy (non-hydrogen) atoms. The molecule has 3 aromatic rings. The van der Waals surface area contributed by atoms with Gasteiger partial charge in [0, 0.05) is 22.8 Å². The van der Waals surface area contributed by atoms with Crippen LogP contribution in [0.1, 0.15) is 54.1 Å². The Bertz CT molecular complexity index is 1010. The maximum absolute atomic E-state index is 13.5. The summed E-state index contributed by atoms with van der Waals surface area (Å²) in [6, 6.07) is 10.1. The van der Waals surface area contributed by atoms with Gasteiger partial charge in [0.15, 0.2) is 11.7 Å². The first-order valence-corrected chi connectivity index (χ1v) is 10.4. The SMILES string of the molecule is Cc1cc(C)cc(N(C(=O)c2csnn2)[C@@H](C(=O)NC(C)(C)C)c2ccccn2)c1. The van der Waals surface area contributed by atoms with Crippen molar-refractivity contribution in [2.75, 3.05) is 4.90 Å². The number of amides is 2. The first-order chi connectivity index (χ1) is 14.2. The number of nitrogens with one attached hydrogen (secondary N) is 1. The summed E-state index contributed by atoms with van der Waals surface area (Å²) in [5.74, 6) is -0.731. The van der Waals surface area contributed by atoms with Crippen LogP contribution in [0.15, 0.2) is 48.0 Å². The van der Waals surface area contributed by atoms with Gasteiger partial charge in [-0.15, -0.1) is 5.10 Å². The second kappa shape index (κ2) is 8.71. The summed E-state index contributed by atoms with van der Waals surface area (Å²) in [6.07, 6.45) is 1.61. The lowest BCUT2D eigenvalue weighted by molar-refractivity contribution is -0.124. The molecule has 8 heteroatoms. The molecule has 0 spiro atoms. The van der Waals surface area contributed by atoms with Crippen molar-refractivity contribution >= 4 is 29.0 Å². The quantitative estimate of drug-likeness (QED) is 0.673. The van der Waals surface area contributed by atoms with E-state index < -0.39 is 17.5 Å². The van der Waals surface area contributed by atoms with Crippen LogP contribution in [0.5, 0.6) is 0 Å². The highest BCUT2D eigenvalue weighted by Crippen LogP contribution is 2.30. The van der Waals surface area contributed by atoms with Gasteiger partial charge in [-0.1, -0.05) is 16.6 Å². The first-order valence-electron chi connectivity index (χ1n) is 9.57. The molecule has 1 N–H and O–H groups in total. The number of carbonyl (C=O) groups is 2. The molecule has 0 saturated heterocycles. The van der Waals surface area contributed by atoms with Crippen LogP contribution in [0.4, 0.5) is 5.69 Å². The molecule has 1 aromatic carbocycles. The Morgan fingerprint density at radius 2 is 1.80 bits per heavy atom. The molecule has 0 radical (unpaired) electrons. The van der Waals surface area contributed by atoms with Gasteiger partial charge < -0.3 is 5.32 Å². The van der Waals surface area contributed by atoms with Gasteiger partial charge in [-0.3, -0.25) is 19.5 Å². The van der Waals surface area contributed by atoms with E-state index >= 15 is 0 Å². The van der Waals surface area contributed by atoms with Gasteiger partial charge in [0.05, 0.1) is 5.69 Å². The molecular weight excluding hydrogens is 398 g/mol. The Morgan fingerprint density at radius 1 is 1.10 bits per heavy atom. The molecule has 0 aliphatic carbocycles. The van der Waals surface area contributed by atoms with Crippen molar-refractivity contribution in [2.45, 2.75) is 46.2 Å². The molecule has 0 fully saturated rings. The number of hydrogen-bond acceptors (Lipinski definition) is 6. The average Bonchev–Trinajstić information content (AvgIpc) is 3.18. The van der Waals surface area contributed by atoms with Crippen LogP contribution in [-0.2, 0) is 4.79 Å². The zero-order valence-corrected chi connectivity index (χ0v) is 18.5. The molecule has 2 aromatic heterocycles. The third kappa shape index (κ3) is 5.07. The topological polar surface area (TPSA) is 88.1 Å². The number of aromatic nitrogens is 3. The molecule has 3 rings (SSSR count). The second-order valence-electron chi connectivity index (χ2n) is 8.21. The Hall–Kier alpha value is -3.13. The zero-order valence-electron chi connectivity index (χ0n) is 17.7. The van der Waals surface area contributed by atoms with Crippen LogP contribution in [0, 0.1) is 13.8 Å². The molecule has 2 heterocycles. The maximum Gasteiger partial charge on any atom is 0.280 e. The molecular formula is C22H25N5O2S. The van der Waals surface area contributed by atoms with E-state index in [2.05, 4.69) is 19.9 Å². The molecule has 0 aliphatic rings. The molecule has 7 nitrogen and oxygen atoms in total. The monoisotopic (exact) mass is 423 g/mol. The third-order valence-electron chi connectivity index (χ3n) is 4.26. The van der Waals surface area contributed by atoms with E-state index in [1.54, 1.807) is 29.8 Å². The molecule has 2 amide bonds. The third-order valence-corrected chi connectivity index (χ3v) is 4.76. The minimum Gasteiger partial charge on any atom is -0.349 e. The minimum atomic E-state index is -0.971. The van der Waals surface area contributed by atoms with E-state index in [1.165, 1.54) is 4.90 Å². The van der Waals surface area contributed by atoms with E-state index in [1.807, 2.05) is 52.8 Å². The number of pyridine rings is 1. The summed E-state index contributed by atoms with van der Waals surface area (Å²) in [5, 5.41) is 8.51. The molecule has 156 valence electrons. The summed E-state index contributed by atoms with van der Waals surface area (Å²) in [7, 11) is 0. The standard InChI is InChI=1S/C22H25N5O2S/c1-14-10-15(2)12-16(11-14)27(21(29)18-13-30-26-25-18)19(17-8-6-7-9-23-17)20(28)24-22(3,4)5/h6-13,19H,1-5H3,(H,24,28)/t19-/m1/s1. The fourth-order valence-corrected chi connectivity index (χ4v) is 3.64. The van der Waals surface area contributed by atoms with Gasteiger partial charge in [-0.25, -0.2) is 0 Å². The Labute approximate surface area is 180 Å². The predicted octanol–water partition coefficient (Wildman–Crippen LogP) is 3.85. The van der Waals surface area contributed by atoms with E-state index in [-0.39, 0.29) is 11.6 Å². The van der Waals surface area contributed by atoms with Crippen LogP contribution < -0.4 is 10.2 Å². The van der Waals surface area contributed by atoms with Crippen molar-refractivity contribution < 1.29 is 9.59 Å². The predicted molar refractivity (Wildman–Crippen MR) is 118 cm³/mol. The minimum absolute atomic E-state index is 0.184. The zero-order chi connectivity index (χ0) is 21.9. The van der Waals surface area contributed by atoms with Gasteiger partial charge in [-0.2, -0.15) is 0 Å². The van der Waals surface area contributed by atoms with Crippen LogP contribution in [-0.4, -0.2) is 31.9 Å². The van der Waals surface area contributed by atoms with Gasteiger partial charge in [0.1, 0.15) is 0 Å². The van der Waals surface area contributed by atoms with Gasteiger partial charge in [0.2, 0.25) is 5.91 Å². The number of carbonyl (C=O) groups excluding carboxylic acids is 2. The molecule has 0 aliphatic heterocycles. The fourth-order valence-electron chi connectivity index (χ4n) is 3.21. The Kier molecular flexibility index (Phi) is 6.26. The number of hydrogen-bond donors (Lipinski definition) is 1. The highest BCUT2D eigenvalue weighted by atomic mass is 32.1. The number of rotatable bonds is 5. The molecule has 1 atom stereocenters. The number of benzene rings is 1. The van der Waals surface area contributed by atoms with Crippen molar-refractivity contribution in [2.24, 2.45) is 0 Å². The van der Waals surface area contributed by atoms with Crippen molar-refractivity contribution in [1.29, 1.82) is 0 Å². The lowest BCUT2D eigenvalue weighted by Crippen LogP contribution is -2.49. The van der Waals surface area contributed by atoms with Crippen LogP contribution in [0.2, 0.25) is 0 Å². The largest absolute Gasteiger partial charge is 0.349 e. The fraction of sp³-hybridized carbons (Fsp3) is 0.318. The smallest absolute Gasteiger partial charge is 0.280 e. The van der Waals surface area contributed by atoms with Crippen molar-refractivity contribution in [3.63, 3.8) is 0 Å².